The predicted octanol–water partition coefficient (Wildman–Crippen LogP) is 3.51. The maximum atomic E-state index is 12.9. The lowest BCUT2D eigenvalue weighted by atomic mass is 10.1. The SMILES string of the molecule is C[C@@H](C(=O)N1CCN(c2ccccc2)CC1)N(C)Cc1ccc(Cl)cc1. The molecule has 1 aliphatic rings. The van der Waals surface area contributed by atoms with Gasteiger partial charge in [0.1, 0.15) is 0 Å². The zero-order valence-corrected chi connectivity index (χ0v) is 16.2. The second-order valence-corrected chi connectivity index (χ2v) is 7.30. The average Bonchev–Trinajstić information content (AvgIpc) is 2.69. The molecule has 5 heteroatoms. The van der Waals surface area contributed by atoms with Crippen molar-refractivity contribution in [2.24, 2.45) is 0 Å². The molecule has 1 atom stereocenters. The van der Waals surface area contributed by atoms with Gasteiger partial charge in [-0.3, -0.25) is 9.69 Å². The van der Waals surface area contributed by atoms with E-state index < -0.39 is 0 Å². The summed E-state index contributed by atoms with van der Waals surface area (Å²) in [7, 11) is 2.00. The number of para-hydroxylation sites is 1. The number of likely N-dealkylation sites (N-methyl/N-ethyl adjacent to an activating group) is 1. The normalized spacial score (nSPS) is 16.0. The number of rotatable bonds is 5. The molecule has 1 fully saturated rings. The van der Waals surface area contributed by atoms with Gasteiger partial charge in [0.15, 0.2) is 0 Å². The second kappa shape index (κ2) is 8.56. The molecule has 2 aromatic carbocycles. The van der Waals surface area contributed by atoms with E-state index in [2.05, 4.69) is 34.1 Å². The third kappa shape index (κ3) is 4.57. The average molecular weight is 372 g/mol. The highest BCUT2D eigenvalue weighted by Crippen LogP contribution is 2.17. The number of nitrogens with zero attached hydrogens (tertiary/aromatic N) is 3. The molecule has 26 heavy (non-hydrogen) atoms. The monoisotopic (exact) mass is 371 g/mol. The van der Waals surface area contributed by atoms with Crippen LogP contribution < -0.4 is 4.90 Å². The van der Waals surface area contributed by atoms with Gasteiger partial charge in [0, 0.05) is 43.4 Å². The predicted molar refractivity (Wildman–Crippen MR) is 108 cm³/mol. The summed E-state index contributed by atoms with van der Waals surface area (Å²) in [5.74, 6) is 0.203. The minimum Gasteiger partial charge on any atom is -0.368 e. The molecular weight excluding hydrogens is 346 g/mol. The number of halogens is 1. The highest BCUT2D eigenvalue weighted by molar-refractivity contribution is 6.30. The summed E-state index contributed by atoms with van der Waals surface area (Å²) < 4.78 is 0. The fraction of sp³-hybridized carbons (Fsp3) is 0.381. The molecule has 0 N–H and O–H groups in total. The summed E-state index contributed by atoms with van der Waals surface area (Å²) in [4.78, 5) is 19.3. The lowest BCUT2D eigenvalue weighted by Crippen LogP contribution is -2.53. The van der Waals surface area contributed by atoms with Crippen molar-refractivity contribution in [3.05, 3.63) is 65.2 Å². The maximum absolute atomic E-state index is 12.9. The van der Waals surface area contributed by atoms with Crippen molar-refractivity contribution in [2.75, 3.05) is 38.1 Å². The molecule has 0 spiro atoms. The number of hydrogen-bond acceptors (Lipinski definition) is 3. The van der Waals surface area contributed by atoms with E-state index in [0.717, 1.165) is 43.3 Å². The Bertz CT molecular complexity index is 712. The Kier molecular flexibility index (Phi) is 6.17. The molecule has 1 saturated heterocycles. The zero-order chi connectivity index (χ0) is 18.5. The van der Waals surface area contributed by atoms with E-state index in [1.54, 1.807) is 0 Å². The minimum atomic E-state index is -0.144. The first kappa shape index (κ1) is 18.7. The van der Waals surface area contributed by atoms with Crippen LogP contribution in [0, 0.1) is 0 Å². The van der Waals surface area contributed by atoms with E-state index in [0.29, 0.717) is 0 Å². The van der Waals surface area contributed by atoms with Gasteiger partial charge >= 0.3 is 0 Å². The number of benzene rings is 2. The molecule has 0 radical (unpaired) electrons. The highest BCUT2D eigenvalue weighted by Gasteiger charge is 2.27. The Morgan fingerprint density at radius 2 is 1.65 bits per heavy atom. The first-order chi connectivity index (χ1) is 12.5. The molecule has 3 rings (SSSR count). The summed E-state index contributed by atoms with van der Waals surface area (Å²) >= 11 is 5.94. The van der Waals surface area contributed by atoms with E-state index in [1.165, 1.54) is 5.69 Å². The van der Waals surface area contributed by atoms with Gasteiger partial charge in [-0.05, 0) is 43.8 Å². The third-order valence-corrected chi connectivity index (χ3v) is 5.33. The lowest BCUT2D eigenvalue weighted by molar-refractivity contribution is -0.136. The van der Waals surface area contributed by atoms with Crippen LogP contribution in [-0.2, 0) is 11.3 Å². The van der Waals surface area contributed by atoms with Crippen molar-refractivity contribution >= 4 is 23.2 Å². The third-order valence-electron chi connectivity index (χ3n) is 5.08. The minimum absolute atomic E-state index is 0.144. The molecule has 0 bridgehead atoms. The maximum Gasteiger partial charge on any atom is 0.239 e. The van der Waals surface area contributed by atoms with Gasteiger partial charge in [-0.2, -0.15) is 0 Å². The second-order valence-electron chi connectivity index (χ2n) is 6.87. The highest BCUT2D eigenvalue weighted by atomic mass is 35.5. The quantitative estimate of drug-likeness (QED) is 0.804. The van der Waals surface area contributed by atoms with Crippen LogP contribution in [0.4, 0.5) is 5.69 Å². The Labute approximate surface area is 161 Å². The van der Waals surface area contributed by atoms with Crippen LogP contribution in [-0.4, -0.2) is 55.0 Å². The van der Waals surface area contributed by atoms with Crippen LogP contribution in [0.5, 0.6) is 0 Å². The zero-order valence-electron chi connectivity index (χ0n) is 15.4. The molecule has 4 nitrogen and oxygen atoms in total. The van der Waals surface area contributed by atoms with Crippen LogP contribution in [0.3, 0.4) is 0 Å². The summed E-state index contributed by atoms with van der Waals surface area (Å²) in [5.41, 5.74) is 2.39. The lowest BCUT2D eigenvalue weighted by Gasteiger charge is -2.38. The van der Waals surface area contributed by atoms with Crippen LogP contribution in [0.2, 0.25) is 5.02 Å². The van der Waals surface area contributed by atoms with Crippen molar-refractivity contribution < 1.29 is 4.79 Å². The smallest absolute Gasteiger partial charge is 0.239 e. The largest absolute Gasteiger partial charge is 0.368 e. The Morgan fingerprint density at radius 1 is 1.04 bits per heavy atom. The van der Waals surface area contributed by atoms with Gasteiger partial charge in [-0.25, -0.2) is 0 Å². The number of hydrogen-bond donors (Lipinski definition) is 0. The first-order valence-corrected chi connectivity index (χ1v) is 9.46. The molecule has 138 valence electrons. The standard InChI is InChI=1S/C21H26ClN3O/c1-17(23(2)16-18-8-10-19(22)11-9-18)21(26)25-14-12-24(13-15-25)20-6-4-3-5-7-20/h3-11,17H,12-16H2,1-2H3/t17-/m0/s1. The Balaban J connectivity index is 1.53. The van der Waals surface area contributed by atoms with Gasteiger partial charge in [0.05, 0.1) is 6.04 Å². The van der Waals surface area contributed by atoms with Crippen LogP contribution >= 0.6 is 11.6 Å². The number of piperazine rings is 1. The molecule has 1 heterocycles. The van der Waals surface area contributed by atoms with Crippen molar-refractivity contribution in [1.82, 2.24) is 9.80 Å². The number of amides is 1. The van der Waals surface area contributed by atoms with Crippen molar-refractivity contribution in [3.8, 4) is 0 Å². The topological polar surface area (TPSA) is 26.8 Å². The molecule has 1 aliphatic heterocycles. The van der Waals surface area contributed by atoms with Crippen LogP contribution in [0.15, 0.2) is 54.6 Å². The molecule has 0 aliphatic carbocycles. The molecule has 0 aromatic heterocycles. The van der Waals surface area contributed by atoms with E-state index in [4.69, 9.17) is 11.6 Å². The van der Waals surface area contributed by atoms with E-state index in [9.17, 15) is 4.79 Å². The Morgan fingerprint density at radius 3 is 2.27 bits per heavy atom. The fourth-order valence-corrected chi connectivity index (χ4v) is 3.42. The van der Waals surface area contributed by atoms with Crippen LogP contribution in [0.25, 0.3) is 0 Å². The van der Waals surface area contributed by atoms with Gasteiger partial charge < -0.3 is 9.80 Å². The van der Waals surface area contributed by atoms with Gasteiger partial charge in [-0.15, -0.1) is 0 Å². The summed E-state index contributed by atoms with van der Waals surface area (Å²) in [5, 5.41) is 0.733. The van der Waals surface area contributed by atoms with E-state index in [1.807, 2.05) is 49.2 Å². The first-order valence-electron chi connectivity index (χ1n) is 9.08. The molecule has 1 amide bonds. The Hall–Kier alpha value is -2.04. The summed E-state index contributed by atoms with van der Waals surface area (Å²) in [6, 6.07) is 18.0. The van der Waals surface area contributed by atoms with Crippen molar-refractivity contribution in [1.29, 1.82) is 0 Å². The molecule has 0 unspecified atom stereocenters. The van der Waals surface area contributed by atoms with Gasteiger partial charge in [0.25, 0.3) is 0 Å². The molecule has 0 saturated carbocycles. The van der Waals surface area contributed by atoms with E-state index in [-0.39, 0.29) is 11.9 Å². The van der Waals surface area contributed by atoms with Crippen molar-refractivity contribution in [2.45, 2.75) is 19.5 Å². The summed E-state index contributed by atoms with van der Waals surface area (Å²) in [6.07, 6.45) is 0. The molecular formula is C21H26ClN3O. The van der Waals surface area contributed by atoms with E-state index >= 15 is 0 Å². The summed E-state index contributed by atoms with van der Waals surface area (Å²) in [6.45, 7) is 6.02. The van der Waals surface area contributed by atoms with Gasteiger partial charge in [0.2, 0.25) is 5.91 Å². The number of anilines is 1. The molecule has 2 aromatic rings. The van der Waals surface area contributed by atoms with Crippen LogP contribution in [0.1, 0.15) is 12.5 Å². The number of carbonyl (C=O) groups excluding carboxylic acids is 1. The number of carbonyl (C=O) groups is 1. The van der Waals surface area contributed by atoms with Gasteiger partial charge in [-0.1, -0.05) is 41.9 Å². The van der Waals surface area contributed by atoms with Crippen molar-refractivity contribution in [3.63, 3.8) is 0 Å². The fourth-order valence-electron chi connectivity index (χ4n) is 3.29.